The molecule has 1 saturated carbocycles. The van der Waals surface area contributed by atoms with Crippen LogP contribution in [-0.2, 0) is 0 Å². The molecule has 0 unspecified atom stereocenters. The maximum absolute atomic E-state index is 4.72. The van der Waals surface area contributed by atoms with Crippen molar-refractivity contribution in [3.63, 3.8) is 0 Å². The smallest absolute Gasteiger partial charge is 0.241 e. The van der Waals surface area contributed by atoms with Crippen LogP contribution in [0.1, 0.15) is 25.7 Å². The Hall–Kier alpha value is -3.04. The van der Waals surface area contributed by atoms with Crippen LogP contribution in [0.4, 0.5) is 5.95 Å². The summed E-state index contributed by atoms with van der Waals surface area (Å²) in [7, 11) is 2.22. The Morgan fingerprint density at radius 2 is 1.78 bits per heavy atom. The summed E-state index contributed by atoms with van der Waals surface area (Å²) >= 11 is 0. The molecule has 1 aliphatic carbocycles. The first-order valence-electron chi connectivity index (χ1n) is 11.6. The second-order valence-corrected chi connectivity index (χ2v) is 9.11. The molecule has 5 heterocycles. The summed E-state index contributed by atoms with van der Waals surface area (Å²) in [5.74, 6) is 1.40. The summed E-state index contributed by atoms with van der Waals surface area (Å²) < 4.78 is 3.83. The number of hydrogen-bond donors (Lipinski definition) is 1. The summed E-state index contributed by atoms with van der Waals surface area (Å²) in [4.78, 5) is 18.4. The van der Waals surface area contributed by atoms with Crippen molar-refractivity contribution >= 4 is 17.2 Å². The zero-order chi connectivity index (χ0) is 21.5. The third-order valence-electron chi connectivity index (χ3n) is 7.06. The Labute approximate surface area is 187 Å². The molecule has 9 heteroatoms. The molecule has 0 radical (unpaired) electrons. The van der Waals surface area contributed by atoms with E-state index in [2.05, 4.69) is 43.2 Å². The lowest BCUT2D eigenvalue weighted by molar-refractivity contribution is 0.0893. The summed E-state index contributed by atoms with van der Waals surface area (Å²) in [5.41, 5.74) is 3.05. The molecular formula is C23H29N9. The molecule has 32 heavy (non-hydrogen) atoms. The largest absolute Gasteiger partial charge is 0.350 e. The van der Waals surface area contributed by atoms with E-state index in [1.807, 2.05) is 39.9 Å². The second-order valence-electron chi connectivity index (χ2n) is 9.11. The predicted molar refractivity (Wildman–Crippen MR) is 124 cm³/mol. The van der Waals surface area contributed by atoms with Gasteiger partial charge in [-0.25, -0.2) is 19.5 Å². The topological polar surface area (TPSA) is 78.9 Å². The summed E-state index contributed by atoms with van der Waals surface area (Å²) in [6, 6.07) is 3.24. The van der Waals surface area contributed by atoms with Crippen LogP contribution in [0.2, 0.25) is 0 Å². The average molecular weight is 432 g/mol. The number of rotatable bonds is 4. The first-order chi connectivity index (χ1) is 15.7. The van der Waals surface area contributed by atoms with Crippen molar-refractivity contribution < 1.29 is 0 Å². The zero-order valence-electron chi connectivity index (χ0n) is 18.4. The quantitative estimate of drug-likeness (QED) is 0.532. The summed E-state index contributed by atoms with van der Waals surface area (Å²) in [6.45, 7) is 4.80. The Morgan fingerprint density at radius 1 is 0.938 bits per heavy atom. The SMILES string of the molecule is CN1CCN([C@H]2CC[C@@H](Nc3ncc4c(-c5cnc6nccn6c5)ccn4n3)CC2)CC1. The van der Waals surface area contributed by atoms with E-state index < -0.39 is 0 Å². The van der Waals surface area contributed by atoms with Crippen molar-refractivity contribution in [1.82, 2.24) is 38.8 Å². The molecule has 1 saturated heterocycles. The lowest BCUT2D eigenvalue weighted by Crippen LogP contribution is -2.50. The molecule has 4 aromatic heterocycles. The van der Waals surface area contributed by atoms with E-state index in [0.29, 0.717) is 17.8 Å². The minimum Gasteiger partial charge on any atom is -0.350 e. The molecule has 4 aromatic rings. The standard InChI is InChI=1S/C23H29N9/c1-29-10-12-30(13-11-29)19-4-2-18(3-5-19)27-22-25-15-21-20(6-8-32(21)28-22)17-14-26-23-24-7-9-31(23)16-17/h6-9,14-16,18-19H,2-5,10-13H2,1H3,(H,27,28)/t18-,19+. The van der Waals surface area contributed by atoms with E-state index in [1.54, 1.807) is 6.20 Å². The van der Waals surface area contributed by atoms with Crippen LogP contribution in [0.15, 0.2) is 43.2 Å². The minimum atomic E-state index is 0.444. The van der Waals surface area contributed by atoms with E-state index in [4.69, 9.17) is 5.10 Å². The number of fused-ring (bicyclic) bond motifs is 2. The monoisotopic (exact) mass is 431 g/mol. The fraction of sp³-hybridized carbons (Fsp3) is 0.478. The van der Waals surface area contributed by atoms with Crippen molar-refractivity contribution in [1.29, 1.82) is 0 Å². The zero-order valence-corrected chi connectivity index (χ0v) is 18.4. The van der Waals surface area contributed by atoms with Crippen LogP contribution < -0.4 is 5.32 Å². The van der Waals surface area contributed by atoms with E-state index in [0.717, 1.165) is 22.7 Å². The lowest BCUT2D eigenvalue weighted by atomic mass is 9.90. The molecule has 0 spiro atoms. The highest BCUT2D eigenvalue weighted by Gasteiger charge is 2.28. The normalized spacial score (nSPS) is 23.2. The van der Waals surface area contributed by atoms with Gasteiger partial charge in [0.2, 0.25) is 11.7 Å². The Kier molecular flexibility index (Phi) is 4.99. The van der Waals surface area contributed by atoms with Gasteiger partial charge in [0, 0.05) is 80.4 Å². The molecule has 6 rings (SSSR count). The first-order valence-corrected chi connectivity index (χ1v) is 11.6. The average Bonchev–Trinajstić information content (AvgIpc) is 3.46. The minimum absolute atomic E-state index is 0.444. The van der Waals surface area contributed by atoms with Gasteiger partial charge in [-0.2, -0.15) is 0 Å². The molecule has 9 nitrogen and oxygen atoms in total. The summed E-state index contributed by atoms with van der Waals surface area (Å²) in [5, 5.41) is 8.30. The van der Waals surface area contributed by atoms with Crippen molar-refractivity contribution in [3.05, 3.63) is 43.2 Å². The highest BCUT2D eigenvalue weighted by molar-refractivity contribution is 5.79. The summed E-state index contributed by atoms with van der Waals surface area (Å²) in [6.07, 6.45) is 16.3. The number of piperazine rings is 1. The molecule has 0 amide bonds. The maximum atomic E-state index is 4.72. The molecule has 1 aliphatic heterocycles. The van der Waals surface area contributed by atoms with Crippen LogP contribution in [0.25, 0.3) is 22.4 Å². The number of likely N-dealkylation sites (N-methyl/N-ethyl adjacent to an activating group) is 1. The Morgan fingerprint density at radius 3 is 2.62 bits per heavy atom. The number of nitrogens with one attached hydrogen (secondary N) is 1. The van der Waals surface area contributed by atoms with E-state index in [1.165, 1.54) is 51.9 Å². The number of hydrogen-bond acceptors (Lipinski definition) is 7. The Balaban J connectivity index is 1.13. The molecule has 2 fully saturated rings. The van der Waals surface area contributed by atoms with Gasteiger partial charge in [-0.3, -0.25) is 9.30 Å². The van der Waals surface area contributed by atoms with Gasteiger partial charge in [-0.05, 0) is 38.8 Å². The fourth-order valence-electron chi connectivity index (χ4n) is 5.12. The number of anilines is 1. The molecule has 166 valence electrons. The number of aromatic nitrogens is 6. The predicted octanol–water partition coefficient (Wildman–Crippen LogP) is 2.41. The van der Waals surface area contributed by atoms with Crippen LogP contribution in [0, 0.1) is 0 Å². The van der Waals surface area contributed by atoms with Crippen molar-refractivity contribution in [2.75, 3.05) is 38.5 Å². The van der Waals surface area contributed by atoms with Gasteiger partial charge in [0.1, 0.15) is 0 Å². The molecule has 2 aliphatic rings. The van der Waals surface area contributed by atoms with E-state index >= 15 is 0 Å². The van der Waals surface area contributed by atoms with Gasteiger partial charge in [0.05, 0.1) is 11.7 Å². The van der Waals surface area contributed by atoms with Crippen molar-refractivity contribution in [2.24, 2.45) is 0 Å². The molecule has 0 aromatic carbocycles. The number of imidazole rings is 1. The van der Waals surface area contributed by atoms with Gasteiger partial charge in [-0.1, -0.05) is 0 Å². The third-order valence-corrected chi connectivity index (χ3v) is 7.06. The van der Waals surface area contributed by atoms with Gasteiger partial charge in [-0.15, -0.1) is 5.10 Å². The van der Waals surface area contributed by atoms with Crippen LogP contribution in [-0.4, -0.2) is 84.1 Å². The second kappa shape index (κ2) is 8.14. The van der Waals surface area contributed by atoms with E-state index in [-0.39, 0.29) is 0 Å². The van der Waals surface area contributed by atoms with E-state index in [9.17, 15) is 0 Å². The lowest BCUT2D eigenvalue weighted by Gasteiger charge is -2.41. The molecule has 0 atom stereocenters. The van der Waals surface area contributed by atoms with Gasteiger partial charge < -0.3 is 10.2 Å². The third kappa shape index (κ3) is 3.71. The molecule has 0 bridgehead atoms. The van der Waals surface area contributed by atoms with Gasteiger partial charge in [0.25, 0.3) is 0 Å². The first kappa shape index (κ1) is 19.6. The van der Waals surface area contributed by atoms with Crippen LogP contribution in [0.3, 0.4) is 0 Å². The molecule has 1 N–H and O–H groups in total. The van der Waals surface area contributed by atoms with Crippen molar-refractivity contribution in [3.8, 4) is 11.1 Å². The van der Waals surface area contributed by atoms with Crippen LogP contribution >= 0.6 is 0 Å². The van der Waals surface area contributed by atoms with Crippen molar-refractivity contribution in [2.45, 2.75) is 37.8 Å². The highest BCUT2D eigenvalue weighted by atomic mass is 15.3. The molecular weight excluding hydrogens is 402 g/mol. The fourth-order valence-corrected chi connectivity index (χ4v) is 5.12. The maximum Gasteiger partial charge on any atom is 0.241 e. The van der Waals surface area contributed by atoms with Gasteiger partial charge in [0.15, 0.2) is 0 Å². The number of nitrogens with zero attached hydrogens (tertiary/aromatic N) is 8. The Bertz CT molecular complexity index is 1210. The van der Waals surface area contributed by atoms with Crippen LogP contribution in [0.5, 0.6) is 0 Å². The highest BCUT2D eigenvalue weighted by Crippen LogP contribution is 2.27. The van der Waals surface area contributed by atoms with Gasteiger partial charge >= 0.3 is 0 Å².